The van der Waals surface area contributed by atoms with E-state index < -0.39 is 0 Å². The number of fused-ring (bicyclic) bond motifs is 1. The van der Waals surface area contributed by atoms with Gasteiger partial charge >= 0.3 is 0 Å². The third-order valence-corrected chi connectivity index (χ3v) is 3.37. The van der Waals surface area contributed by atoms with Crippen molar-refractivity contribution in [1.82, 2.24) is 5.32 Å². The lowest BCUT2D eigenvalue weighted by Gasteiger charge is -2.31. The van der Waals surface area contributed by atoms with Gasteiger partial charge in [0.2, 0.25) is 5.91 Å². The molecule has 2 atom stereocenters. The lowest BCUT2D eigenvalue weighted by molar-refractivity contribution is -0.169. The van der Waals surface area contributed by atoms with Crippen LogP contribution in [0.2, 0.25) is 0 Å². The Kier molecular flexibility index (Phi) is 5.52. The molecule has 0 fully saturated rings. The molecule has 1 aliphatic heterocycles. The summed E-state index contributed by atoms with van der Waals surface area (Å²) in [4.78, 5) is 11.9. The topological polar surface area (TPSA) is 56.8 Å². The fourth-order valence-corrected chi connectivity index (χ4v) is 2.35. The van der Waals surface area contributed by atoms with E-state index in [1.807, 2.05) is 18.2 Å². The first-order valence-corrected chi connectivity index (χ1v) is 6.76. The predicted molar refractivity (Wildman–Crippen MR) is 74.3 cm³/mol. The lowest BCUT2D eigenvalue weighted by atomic mass is 9.95. The summed E-state index contributed by atoms with van der Waals surface area (Å²) in [5.41, 5.74) is 2.25. The van der Waals surface area contributed by atoms with Crippen LogP contribution in [-0.4, -0.2) is 39.6 Å². The molecule has 0 bridgehead atoms. The summed E-state index contributed by atoms with van der Waals surface area (Å²) in [5.74, 6) is -0.0430. The van der Waals surface area contributed by atoms with E-state index in [2.05, 4.69) is 11.4 Å². The zero-order chi connectivity index (χ0) is 14.4. The maximum absolute atomic E-state index is 11.9. The van der Waals surface area contributed by atoms with E-state index in [0.29, 0.717) is 26.0 Å². The normalized spacial score (nSPS) is 21.3. The van der Waals surface area contributed by atoms with Gasteiger partial charge in [-0.2, -0.15) is 0 Å². The van der Waals surface area contributed by atoms with E-state index >= 15 is 0 Å². The highest BCUT2D eigenvalue weighted by Crippen LogP contribution is 2.32. The molecule has 5 nitrogen and oxygen atoms in total. The summed E-state index contributed by atoms with van der Waals surface area (Å²) in [5, 5.41) is 2.81. The van der Waals surface area contributed by atoms with Gasteiger partial charge in [0.1, 0.15) is 0 Å². The van der Waals surface area contributed by atoms with Gasteiger partial charge in [-0.15, -0.1) is 0 Å². The highest BCUT2D eigenvalue weighted by molar-refractivity contribution is 5.76. The standard InChI is InChI=1S/C15H21NO4/c1-18-8-7-16-14(17)10-13-12-6-4-3-5-11(12)9-15(19-2)20-13/h3-6,13,15H,7-10H2,1-2H3,(H,16,17). The molecule has 1 aromatic rings. The van der Waals surface area contributed by atoms with E-state index in [0.717, 1.165) is 5.56 Å². The number of benzene rings is 1. The lowest BCUT2D eigenvalue weighted by Crippen LogP contribution is -2.33. The number of rotatable bonds is 6. The van der Waals surface area contributed by atoms with E-state index in [1.165, 1.54) is 5.56 Å². The molecule has 0 spiro atoms. The second kappa shape index (κ2) is 7.38. The van der Waals surface area contributed by atoms with Gasteiger partial charge in [-0.3, -0.25) is 4.79 Å². The van der Waals surface area contributed by atoms with Crippen molar-refractivity contribution in [3.05, 3.63) is 35.4 Å². The van der Waals surface area contributed by atoms with E-state index in [9.17, 15) is 4.79 Å². The summed E-state index contributed by atoms with van der Waals surface area (Å²) < 4.78 is 16.0. The average molecular weight is 279 g/mol. The molecule has 2 unspecified atom stereocenters. The van der Waals surface area contributed by atoms with Crippen molar-refractivity contribution >= 4 is 5.91 Å². The Hall–Kier alpha value is -1.43. The van der Waals surface area contributed by atoms with Crippen molar-refractivity contribution in [1.29, 1.82) is 0 Å². The number of carbonyl (C=O) groups is 1. The largest absolute Gasteiger partial charge is 0.383 e. The minimum atomic E-state index is -0.290. The predicted octanol–water partition coefficient (Wildman–Crippen LogP) is 1.43. The molecule has 0 radical (unpaired) electrons. The molecule has 110 valence electrons. The number of methoxy groups -OCH3 is 2. The summed E-state index contributed by atoms with van der Waals surface area (Å²) in [7, 11) is 3.23. The summed E-state index contributed by atoms with van der Waals surface area (Å²) >= 11 is 0. The number of nitrogens with one attached hydrogen (secondary N) is 1. The molecule has 0 aliphatic carbocycles. The number of hydrogen-bond donors (Lipinski definition) is 1. The molecule has 1 N–H and O–H groups in total. The molecular formula is C15H21NO4. The van der Waals surface area contributed by atoms with Crippen LogP contribution in [-0.2, 0) is 25.4 Å². The van der Waals surface area contributed by atoms with E-state index in [4.69, 9.17) is 14.2 Å². The van der Waals surface area contributed by atoms with Gasteiger partial charge in [-0.05, 0) is 11.1 Å². The van der Waals surface area contributed by atoms with Gasteiger partial charge in [0.05, 0.1) is 19.1 Å². The molecular weight excluding hydrogens is 258 g/mol. The first-order valence-electron chi connectivity index (χ1n) is 6.76. The third kappa shape index (κ3) is 3.79. The molecule has 0 saturated carbocycles. The summed E-state index contributed by atoms with van der Waals surface area (Å²) in [6.45, 7) is 1.02. The summed E-state index contributed by atoms with van der Waals surface area (Å²) in [6, 6.07) is 8.02. The highest BCUT2D eigenvalue weighted by Gasteiger charge is 2.28. The maximum atomic E-state index is 11.9. The van der Waals surface area contributed by atoms with Crippen LogP contribution < -0.4 is 5.32 Å². The van der Waals surface area contributed by atoms with Crippen molar-refractivity contribution in [2.75, 3.05) is 27.4 Å². The van der Waals surface area contributed by atoms with Crippen molar-refractivity contribution < 1.29 is 19.0 Å². The van der Waals surface area contributed by atoms with Crippen molar-refractivity contribution in [2.45, 2.75) is 25.2 Å². The van der Waals surface area contributed by atoms with E-state index in [-0.39, 0.29) is 18.3 Å². The van der Waals surface area contributed by atoms with Gasteiger partial charge in [0.15, 0.2) is 6.29 Å². The molecule has 5 heteroatoms. The molecule has 2 rings (SSSR count). The van der Waals surface area contributed by atoms with Gasteiger partial charge in [0, 0.05) is 27.2 Å². The number of carbonyl (C=O) groups excluding carboxylic acids is 1. The second-order valence-corrected chi connectivity index (χ2v) is 4.74. The average Bonchev–Trinajstić information content (AvgIpc) is 2.47. The second-order valence-electron chi connectivity index (χ2n) is 4.74. The first kappa shape index (κ1) is 15.0. The Labute approximate surface area is 119 Å². The number of hydrogen-bond acceptors (Lipinski definition) is 4. The Morgan fingerprint density at radius 3 is 2.95 bits per heavy atom. The molecule has 1 aliphatic rings. The maximum Gasteiger partial charge on any atom is 0.223 e. The molecule has 0 saturated heterocycles. The van der Waals surface area contributed by atoms with Gasteiger partial charge in [-0.1, -0.05) is 24.3 Å². The molecule has 0 aromatic heterocycles. The van der Waals surface area contributed by atoms with Crippen LogP contribution in [0.15, 0.2) is 24.3 Å². The minimum absolute atomic E-state index is 0.0430. The van der Waals surface area contributed by atoms with E-state index in [1.54, 1.807) is 14.2 Å². The van der Waals surface area contributed by atoms with Crippen LogP contribution in [0.4, 0.5) is 0 Å². The Bertz CT molecular complexity index is 449. The molecule has 1 aromatic carbocycles. The van der Waals surface area contributed by atoms with Crippen LogP contribution in [0.3, 0.4) is 0 Å². The van der Waals surface area contributed by atoms with Crippen LogP contribution in [0.1, 0.15) is 23.7 Å². The molecule has 1 amide bonds. The van der Waals surface area contributed by atoms with Crippen molar-refractivity contribution in [2.24, 2.45) is 0 Å². The van der Waals surface area contributed by atoms with Crippen LogP contribution in [0, 0.1) is 0 Å². The Morgan fingerprint density at radius 2 is 2.20 bits per heavy atom. The van der Waals surface area contributed by atoms with Gasteiger partial charge in [0.25, 0.3) is 0 Å². The van der Waals surface area contributed by atoms with Crippen molar-refractivity contribution in [3.63, 3.8) is 0 Å². The van der Waals surface area contributed by atoms with Crippen LogP contribution in [0.5, 0.6) is 0 Å². The molecule has 20 heavy (non-hydrogen) atoms. The monoisotopic (exact) mass is 279 g/mol. The smallest absolute Gasteiger partial charge is 0.223 e. The fourth-order valence-electron chi connectivity index (χ4n) is 2.35. The Balaban J connectivity index is 2.01. The molecule has 1 heterocycles. The Morgan fingerprint density at radius 1 is 1.40 bits per heavy atom. The SMILES string of the molecule is COCCNC(=O)CC1OC(OC)Cc2ccccc21. The quantitative estimate of drug-likeness (QED) is 0.800. The third-order valence-electron chi connectivity index (χ3n) is 3.37. The number of amides is 1. The minimum Gasteiger partial charge on any atom is -0.383 e. The van der Waals surface area contributed by atoms with Gasteiger partial charge < -0.3 is 19.5 Å². The van der Waals surface area contributed by atoms with Gasteiger partial charge in [-0.25, -0.2) is 0 Å². The first-order chi connectivity index (χ1) is 9.74. The zero-order valence-corrected chi connectivity index (χ0v) is 11.9. The van der Waals surface area contributed by atoms with Crippen LogP contribution >= 0.6 is 0 Å². The number of ether oxygens (including phenoxy) is 3. The van der Waals surface area contributed by atoms with Crippen molar-refractivity contribution in [3.8, 4) is 0 Å². The highest BCUT2D eigenvalue weighted by atomic mass is 16.7. The summed E-state index contributed by atoms with van der Waals surface area (Å²) in [6.07, 6.45) is 0.462. The zero-order valence-electron chi connectivity index (χ0n) is 11.9. The fraction of sp³-hybridized carbons (Fsp3) is 0.533. The van der Waals surface area contributed by atoms with Crippen LogP contribution in [0.25, 0.3) is 0 Å².